The lowest BCUT2D eigenvalue weighted by Crippen LogP contribution is -2.32. The molecule has 0 saturated heterocycles. The monoisotopic (exact) mass is 203 g/mol. The van der Waals surface area contributed by atoms with Crippen molar-refractivity contribution < 1.29 is 24.2 Å². The number of carboxylic acid groups (broad SMARTS) is 1. The van der Waals surface area contributed by atoms with Gasteiger partial charge in [-0.2, -0.15) is 0 Å². The maximum atomic E-state index is 11.0. The molecule has 0 aromatic carbocycles. The second-order valence-corrected chi connectivity index (χ2v) is 2.39. The first-order chi connectivity index (χ1) is 6.62. The van der Waals surface area contributed by atoms with E-state index in [0.29, 0.717) is 5.76 Å². The van der Waals surface area contributed by atoms with E-state index in [1.807, 2.05) is 0 Å². The van der Waals surface area contributed by atoms with Crippen LogP contribution in [0.25, 0.3) is 0 Å². The number of carbonyl (C=O) groups excluding carboxylic acids is 1. The first-order valence-electron chi connectivity index (χ1n) is 3.75. The van der Waals surface area contributed by atoms with E-state index in [0.717, 1.165) is 0 Å². The van der Waals surface area contributed by atoms with Crippen LogP contribution >= 0.6 is 0 Å². The van der Waals surface area contributed by atoms with Crippen molar-refractivity contribution in [2.75, 3.05) is 21.3 Å². The van der Waals surface area contributed by atoms with Crippen LogP contribution in [0.3, 0.4) is 0 Å². The molecule has 6 nitrogen and oxygen atoms in total. The van der Waals surface area contributed by atoms with Gasteiger partial charge in [0.05, 0.1) is 7.11 Å². The lowest BCUT2D eigenvalue weighted by atomic mass is 10.5. The zero-order valence-corrected chi connectivity index (χ0v) is 8.26. The highest BCUT2D eigenvalue weighted by Gasteiger charge is 2.30. The highest BCUT2D eigenvalue weighted by atomic mass is 16.5. The Balaban J connectivity index is 0.000000500. The van der Waals surface area contributed by atoms with Gasteiger partial charge in [0.25, 0.3) is 12.4 Å². The minimum absolute atomic E-state index is 0.0892. The lowest BCUT2D eigenvalue weighted by Gasteiger charge is -2.19. The fourth-order valence-corrected chi connectivity index (χ4v) is 1.04. The van der Waals surface area contributed by atoms with Crippen molar-refractivity contribution in [3.8, 4) is 0 Å². The minimum Gasteiger partial charge on any atom is -0.496 e. The topological polar surface area (TPSA) is 76.1 Å². The average Bonchev–Trinajstić information content (AvgIpc) is 2.44. The predicted molar refractivity (Wildman–Crippen MR) is 47.4 cm³/mol. The van der Waals surface area contributed by atoms with Crippen molar-refractivity contribution in [1.82, 2.24) is 4.90 Å². The van der Waals surface area contributed by atoms with Gasteiger partial charge >= 0.3 is 0 Å². The number of hydrogen-bond acceptors (Lipinski definition) is 4. The molecule has 1 heterocycles. The molecule has 0 radical (unpaired) electrons. The SMILES string of the molecule is COC1=CC(=O)N(C)C1OC.O=CO. The highest BCUT2D eigenvalue weighted by molar-refractivity contribution is 5.90. The summed E-state index contributed by atoms with van der Waals surface area (Å²) in [6, 6.07) is 0. The van der Waals surface area contributed by atoms with Gasteiger partial charge in [0.2, 0.25) is 0 Å². The molecule has 0 saturated carbocycles. The van der Waals surface area contributed by atoms with Crippen LogP contribution in [0.4, 0.5) is 0 Å². The molecule has 0 spiro atoms. The summed E-state index contributed by atoms with van der Waals surface area (Å²) in [4.78, 5) is 20.8. The molecule has 1 unspecified atom stereocenters. The largest absolute Gasteiger partial charge is 0.496 e. The van der Waals surface area contributed by atoms with Gasteiger partial charge in [-0.3, -0.25) is 9.59 Å². The molecule has 14 heavy (non-hydrogen) atoms. The number of nitrogens with zero attached hydrogens (tertiary/aromatic N) is 1. The first kappa shape index (κ1) is 12.4. The van der Waals surface area contributed by atoms with Crippen LogP contribution in [0.15, 0.2) is 11.8 Å². The van der Waals surface area contributed by atoms with Crippen LogP contribution in [0.5, 0.6) is 0 Å². The molecule has 6 heteroatoms. The summed E-state index contributed by atoms with van der Waals surface area (Å²) >= 11 is 0. The normalized spacial score (nSPS) is 19.6. The number of ether oxygens (including phenoxy) is 2. The molecular formula is C8H13NO5. The number of amides is 1. The van der Waals surface area contributed by atoms with Gasteiger partial charge in [-0.25, -0.2) is 0 Å². The van der Waals surface area contributed by atoms with Crippen LogP contribution < -0.4 is 0 Å². The zero-order valence-electron chi connectivity index (χ0n) is 8.26. The summed E-state index contributed by atoms with van der Waals surface area (Å²) in [6.45, 7) is -0.250. The van der Waals surface area contributed by atoms with Crippen molar-refractivity contribution >= 4 is 12.4 Å². The van der Waals surface area contributed by atoms with Gasteiger partial charge in [0.1, 0.15) is 0 Å². The molecule has 1 rings (SSSR count). The van der Waals surface area contributed by atoms with Crippen LogP contribution in [0.2, 0.25) is 0 Å². The third-order valence-corrected chi connectivity index (χ3v) is 1.67. The number of carbonyl (C=O) groups is 2. The second kappa shape index (κ2) is 5.98. The molecule has 80 valence electrons. The van der Waals surface area contributed by atoms with Gasteiger partial charge in [0, 0.05) is 20.2 Å². The van der Waals surface area contributed by atoms with E-state index in [9.17, 15) is 4.79 Å². The Hall–Kier alpha value is -1.56. The van der Waals surface area contributed by atoms with Gasteiger partial charge in [-0.05, 0) is 0 Å². The summed E-state index contributed by atoms with van der Waals surface area (Å²) in [5.41, 5.74) is 0. The van der Waals surface area contributed by atoms with Crippen molar-refractivity contribution in [2.45, 2.75) is 6.23 Å². The molecule has 0 bridgehead atoms. The first-order valence-corrected chi connectivity index (χ1v) is 3.75. The number of methoxy groups -OCH3 is 2. The van der Waals surface area contributed by atoms with Crippen LogP contribution in [-0.4, -0.2) is 49.9 Å². The van der Waals surface area contributed by atoms with Crippen molar-refractivity contribution in [1.29, 1.82) is 0 Å². The summed E-state index contributed by atoms with van der Waals surface area (Å²) < 4.78 is 9.94. The molecule has 0 aliphatic carbocycles. The summed E-state index contributed by atoms with van der Waals surface area (Å²) in [6.07, 6.45) is 1.07. The Kier molecular flexibility index (Phi) is 5.31. The Morgan fingerprint density at radius 3 is 2.36 bits per heavy atom. The van der Waals surface area contributed by atoms with E-state index in [2.05, 4.69) is 0 Å². The maximum Gasteiger partial charge on any atom is 0.290 e. The average molecular weight is 203 g/mol. The van der Waals surface area contributed by atoms with E-state index < -0.39 is 0 Å². The highest BCUT2D eigenvalue weighted by Crippen LogP contribution is 2.18. The number of likely N-dealkylation sites (N-methyl/N-ethyl adjacent to an activating group) is 1. The van der Waals surface area contributed by atoms with E-state index >= 15 is 0 Å². The van der Waals surface area contributed by atoms with E-state index in [-0.39, 0.29) is 18.6 Å². The second-order valence-electron chi connectivity index (χ2n) is 2.39. The van der Waals surface area contributed by atoms with Crippen molar-refractivity contribution in [3.63, 3.8) is 0 Å². The molecule has 0 fully saturated rings. The van der Waals surface area contributed by atoms with Crippen molar-refractivity contribution in [3.05, 3.63) is 11.8 Å². The molecule has 1 atom stereocenters. The molecule has 1 aliphatic rings. The summed E-state index contributed by atoms with van der Waals surface area (Å²) in [5.74, 6) is 0.466. The van der Waals surface area contributed by atoms with Crippen molar-refractivity contribution in [2.24, 2.45) is 0 Å². The third-order valence-electron chi connectivity index (χ3n) is 1.67. The van der Waals surface area contributed by atoms with Gasteiger partial charge in [-0.1, -0.05) is 0 Å². The minimum atomic E-state index is -0.354. The Bertz CT molecular complexity index is 238. The zero-order chi connectivity index (χ0) is 11.1. The van der Waals surface area contributed by atoms with Crippen LogP contribution in [-0.2, 0) is 19.1 Å². The smallest absolute Gasteiger partial charge is 0.290 e. The molecule has 1 N–H and O–H groups in total. The third kappa shape index (κ3) is 2.74. The summed E-state index contributed by atoms with van der Waals surface area (Å²) in [7, 11) is 4.72. The molecule has 1 amide bonds. The Morgan fingerprint density at radius 1 is 1.57 bits per heavy atom. The van der Waals surface area contributed by atoms with Crippen LogP contribution in [0.1, 0.15) is 0 Å². The Labute approximate surface area is 81.7 Å². The molecule has 0 aromatic heterocycles. The fourth-order valence-electron chi connectivity index (χ4n) is 1.04. The number of rotatable bonds is 2. The van der Waals surface area contributed by atoms with Gasteiger partial charge in [-0.15, -0.1) is 0 Å². The maximum absolute atomic E-state index is 11.0. The van der Waals surface area contributed by atoms with E-state index in [1.165, 1.54) is 25.2 Å². The number of hydrogen-bond donors (Lipinski definition) is 1. The molecule has 1 aliphatic heterocycles. The lowest BCUT2D eigenvalue weighted by molar-refractivity contribution is -0.131. The predicted octanol–water partition coefficient (Wildman–Crippen LogP) is -0.338. The van der Waals surface area contributed by atoms with E-state index in [1.54, 1.807) is 7.05 Å². The van der Waals surface area contributed by atoms with E-state index in [4.69, 9.17) is 19.4 Å². The molecule has 0 aromatic rings. The fraction of sp³-hybridized carbons (Fsp3) is 0.500. The quantitative estimate of drug-likeness (QED) is 0.621. The standard InChI is InChI=1S/C7H11NO3.CH2O2/c1-8-6(9)4-5(10-2)7(8)11-3;2-1-3/h4,7H,1-3H3;1H,(H,2,3). The Morgan fingerprint density at radius 2 is 2.07 bits per heavy atom. The molecular weight excluding hydrogens is 190 g/mol. The summed E-state index contributed by atoms with van der Waals surface area (Å²) in [5, 5.41) is 6.89. The van der Waals surface area contributed by atoms with Crippen LogP contribution in [0, 0.1) is 0 Å². The van der Waals surface area contributed by atoms with Gasteiger partial charge < -0.3 is 19.5 Å². The van der Waals surface area contributed by atoms with Gasteiger partial charge in [0.15, 0.2) is 12.0 Å².